The lowest BCUT2D eigenvalue weighted by Gasteiger charge is -2.28. The third-order valence-electron chi connectivity index (χ3n) is 9.55. The molecule has 0 aliphatic carbocycles. The Bertz CT molecular complexity index is 906. The van der Waals surface area contributed by atoms with Gasteiger partial charge in [0.05, 0.1) is 17.8 Å². The van der Waals surface area contributed by atoms with Crippen LogP contribution in [0.15, 0.2) is 0 Å². The average molecular weight is 609 g/mol. The minimum absolute atomic E-state index is 0.135. The maximum absolute atomic E-state index is 13.0. The van der Waals surface area contributed by atoms with Gasteiger partial charge in [-0.25, -0.2) is 0 Å². The van der Waals surface area contributed by atoms with E-state index in [1.54, 1.807) is 0 Å². The Kier molecular flexibility index (Phi) is 10.4. The van der Waals surface area contributed by atoms with Crippen LogP contribution in [0.3, 0.4) is 0 Å². The largest absolute Gasteiger partial charge is 0.464 e. The van der Waals surface area contributed by atoms with E-state index in [4.69, 9.17) is 14.2 Å². The minimum Gasteiger partial charge on any atom is -0.464 e. The Morgan fingerprint density at radius 1 is 0.512 bits per heavy atom. The quantitative estimate of drug-likeness (QED) is 0.225. The van der Waals surface area contributed by atoms with Gasteiger partial charge in [0.25, 0.3) is 0 Å². The van der Waals surface area contributed by atoms with Gasteiger partial charge in [-0.2, -0.15) is 0 Å². The standard InChI is InChI=1S/C33H60N4O6/c1-28(2)19-22(31(7,8)34-28)25(38)41-16-13-37(14-17-42-26(39)23-20-29(3,4)35-32(23,9)10)15-18-43-27(40)24-21-30(5,6)36-33(24,11)12/h22-24,34-36H,13-21H2,1-12H3. The van der Waals surface area contributed by atoms with Crippen LogP contribution >= 0.6 is 0 Å². The summed E-state index contributed by atoms with van der Waals surface area (Å²) in [5.74, 6) is -1.34. The monoisotopic (exact) mass is 608 g/mol. The van der Waals surface area contributed by atoms with E-state index in [0.717, 1.165) is 0 Å². The van der Waals surface area contributed by atoms with Crippen molar-refractivity contribution in [2.24, 2.45) is 17.8 Å². The molecule has 3 heterocycles. The van der Waals surface area contributed by atoms with Gasteiger partial charge in [-0.1, -0.05) is 0 Å². The smallest absolute Gasteiger partial charge is 0.310 e. The van der Waals surface area contributed by atoms with Gasteiger partial charge < -0.3 is 30.2 Å². The van der Waals surface area contributed by atoms with Gasteiger partial charge >= 0.3 is 17.9 Å². The van der Waals surface area contributed by atoms with Crippen LogP contribution in [0.5, 0.6) is 0 Å². The number of hydrogen-bond donors (Lipinski definition) is 3. The molecule has 0 bridgehead atoms. The highest BCUT2D eigenvalue weighted by Gasteiger charge is 2.50. The molecule has 3 fully saturated rings. The number of nitrogens with zero attached hydrogens (tertiary/aromatic N) is 1. The van der Waals surface area contributed by atoms with Gasteiger partial charge in [-0.15, -0.1) is 0 Å². The summed E-state index contributed by atoms with van der Waals surface area (Å²) in [6, 6.07) is 0. The molecule has 3 aliphatic heterocycles. The second-order valence-corrected chi connectivity index (χ2v) is 16.8. The Balaban J connectivity index is 1.55. The zero-order valence-electron chi connectivity index (χ0n) is 29.0. The van der Waals surface area contributed by atoms with Crippen LogP contribution in [0.4, 0.5) is 0 Å². The molecule has 0 aromatic carbocycles. The number of rotatable bonds is 12. The van der Waals surface area contributed by atoms with Crippen LogP contribution in [0.25, 0.3) is 0 Å². The zero-order chi connectivity index (χ0) is 32.6. The minimum atomic E-state index is -0.350. The summed E-state index contributed by atoms with van der Waals surface area (Å²) in [7, 11) is 0. The van der Waals surface area contributed by atoms with E-state index < -0.39 is 0 Å². The van der Waals surface area contributed by atoms with Gasteiger partial charge in [-0.3, -0.25) is 19.3 Å². The van der Waals surface area contributed by atoms with Crippen molar-refractivity contribution >= 4 is 17.9 Å². The van der Waals surface area contributed by atoms with Crippen LogP contribution in [0, 0.1) is 17.8 Å². The highest BCUT2D eigenvalue weighted by atomic mass is 16.5. The Morgan fingerprint density at radius 3 is 0.930 bits per heavy atom. The summed E-state index contributed by atoms with van der Waals surface area (Å²) < 4.78 is 17.3. The first-order valence-electron chi connectivity index (χ1n) is 16.1. The molecule has 3 aliphatic rings. The summed E-state index contributed by atoms with van der Waals surface area (Å²) in [6.45, 7) is 26.7. The first-order valence-corrected chi connectivity index (χ1v) is 16.1. The fourth-order valence-corrected chi connectivity index (χ4v) is 7.92. The molecule has 0 aromatic heterocycles. The molecule has 0 aromatic rings. The summed E-state index contributed by atoms with van der Waals surface area (Å²) >= 11 is 0. The van der Waals surface area contributed by atoms with Gasteiger partial charge in [0.2, 0.25) is 0 Å². The lowest BCUT2D eigenvalue weighted by atomic mass is 9.87. The molecule has 43 heavy (non-hydrogen) atoms. The second kappa shape index (κ2) is 12.6. The highest BCUT2D eigenvalue weighted by molar-refractivity contribution is 5.76. The summed E-state index contributed by atoms with van der Waals surface area (Å²) in [4.78, 5) is 41.1. The van der Waals surface area contributed by atoms with E-state index >= 15 is 0 Å². The SMILES string of the molecule is CC1(C)CC(C(=O)OCCN(CCOC(=O)C2CC(C)(C)NC2(C)C)CCOC(=O)C2CC(C)(C)NC2(C)C)C(C)(C)N1. The number of carbonyl (C=O) groups is 3. The van der Waals surface area contributed by atoms with Gasteiger partial charge in [0, 0.05) is 52.9 Å². The van der Waals surface area contributed by atoms with E-state index in [-0.39, 0.29) is 88.7 Å². The third-order valence-corrected chi connectivity index (χ3v) is 9.55. The van der Waals surface area contributed by atoms with E-state index in [0.29, 0.717) is 38.9 Å². The van der Waals surface area contributed by atoms with Crippen molar-refractivity contribution in [3.8, 4) is 0 Å². The van der Waals surface area contributed by atoms with E-state index in [9.17, 15) is 14.4 Å². The van der Waals surface area contributed by atoms with Gasteiger partial charge in [0.15, 0.2) is 0 Å². The average Bonchev–Trinajstić information content (AvgIpc) is 3.30. The molecule has 0 saturated carbocycles. The van der Waals surface area contributed by atoms with E-state index in [1.165, 1.54) is 0 Å². The maximum atomic E-state index is 13.0. The van der Waals surface area contributed by atoms with Crippen molar-refractivity contribution in [1.29, 1.82) is 0 Å². The van der Waals surface area contributed by atoms with E-state index in [1.807, 2.05) is 46.4 Å². The molecule has 10 heteroatoms. The Morgan fingerprint density at radius 2 is 0.744 bits per heavy atom. The van der Waals surface area contributed by atoms with Crippen molar-refractivity contribution in [2.75, 3.05) is 39.5 Å². The fraction of sp³-hybridized carbons (Fsp3) is 0.909. The number of carbonyl (C=O) groups excluding carboxylic acids is 3. The number of hydrogen-bond acceptors (Lipinski definition) is 10. The molecule has 10 nitrogen and oxygen atoms in total. The molecule has 0 spiro atoms. The molecular weight excluding hydrogens is 548 g/mol. The predicted molar refractivity (Wildman–Crippen MR) is 168 cm³/mol. The van der Waals surface area contributed by atoms with Crippen LogP contribution in [0.2, 0.25) is 0 Å². The third kappa shape index (κ3) is 9.38. The van der Waals surface area contributed by atoms with Crippen LogP contribution in [0.1, 0.15) is 102 Å². The number of nitrogens with one attached hydrogen (secondary N) is 3. The van der Waals surface area contributed by atoms with Crippen molar-refractivity contribution in [3.05, 3.63) is 0 Å². The van der Waals surface area contributed by atoms with Crippen LogP contribution < -0.4 is 16.0 Å². The molecule has 248 valence electrons. The van der Waals surface area contributed by atoms with Crippen molar-refractivity contribution in [1.82, 2.24) is 20.9 Å². The highest BCUT2D eigenvalue weighted by Crippen LogP contribution is 2.38. The van der Waals surface area contributed by atoms with Gasteiger partial charge in [0.1, 0.15) is 19.8 Å². The van der Waals surface area contributed by atoms with Crippen molar-refractivity contribution < 1.29 is 28.6 Å². The lowest BCUT2D eigenvalue weighted by Crippen LogP contribution is -2.47. The molecule has 3 saturated heterocycles. The molecule has 3 rings (SSSR count). The van der Waals surface area contributed by atoms with Crippen LogP contribution in [-0.4, -0.2) is 95.5 Å². The number of ether oxygens (including phenoxy) is 3. The predicted octanol–water partition coefficient (Wildman–Crippen LogP) is 3.42. The maximum Gasteiger partial charge on any atom is 0.310 e. The number of esters is 3. The normalized spacial score (nSPS) is 29.4. The van der Waals surface area contributed by atoms with Crippen molar-refractivity contribution in [3.63, 3.8) is 0 Å². The Hall–Kier alpha value is -1.75. The molecule has 3 atom stereocenters. The van der Waals surface area contributed by atoms with Gasteiger partial charge in [-0.05, 0) is 102 Å². The Labute approximate surface area is 260 Å². The zero-order valence-corrected chi connectivity index (χ0v) is 29.0. The summed E-state index contributed by atoms with van der Waals surface area (Å²) in [5, 5.41) is 10.6. The first kappa shape index (κ1) is 35.7. The molecule has 3 N–H and O–H groups in total. The van der Waals surface area contributed by atoms with E-state index in [2.05, 4.69) is 57.5 Å². The second-order valence-electron chi connectivity index (χ2n) is 16.8. The summed E-state index contributed by atoms with van der Waals surface area (Å²) in [6.07, 6.45) is 2.13. The van der Waals surface area contributed by atoms with Crippen molar-refractivity contribution in [2.45, 2.75) is 136 Å². The molecular formula is C33H60N4O6. The summed E-state index contributed by atoms with van der Waals surface area (Å²) in [5.41, 5.74) is -1.45. The fourth-order valence-electron chi connectivity index (χ4n) is 7.92. The molecule has 0 amide bonds. The molecule has 0 radical (unpaired) electrons. The topological polar surface area (TPSA) is 118 Å². The lowest BCUT2D eigenvalue weighted by molar-refractivity contribution is -0.151. The first-order chi connectivity index (χ1) is 19.5. The molecule has 3 unspecified atom stereocenters. The van der Waals surface area contributed by atoms with Crippen LogP contribution in [-0.2, 0) is 28.6 Å².